The highest BCUT2D eigenvalue weighted by Crippen LogP contribution is 2.33. The number of furan rings is 2. The van der Waals surface area contributed by atoms with Gasteiger partial charge < -0.3 is 18.9 Å². The third-order valence-electron chi connectivity index (χ3n) is 5.30. The zero-order valence-electron chi connectivity index (χ0n) is 16.7. The van der Waals surface area contributed by atoms with Gasteiger partial charge in [-0.15, -0.1) is 0 Å². The summed E-state index contributed by atoms with van der Waals surface area (Å²) in [6.07, 6.45) is 6.95. The van der Waals surface area contributed by atoms with E-state index in [0.29, 0.717) is 17.2 Å². The average Bonchev–Trinajstić information content (AvgIpc) is 3.55. The number of hydrogen-bond donors (Lipinski definition) is 1. The highest BCUT2D eigenvalue weighted by atomic mass is 16.5. The topological polar surface area (TPSA) is 84.9 Å². The van der Waals surface area contributed by atoms with Gasteiger partial charge in [-0.3, -0.25) is 14.5 Å². The second kappa shape index (κ2) is 8.90. The number of ether oxygens (including phenoxy) is 1. The Morgan fingerprint density at radius 1 is 1.07 bits per heavy atom. The standard InChI is InChI=1S/C23H24N2O5/c1-28-18-10-4-9-17(15-18)25(23(27)20-12-6-14-30-20)21(19-11-5-13-29-19)22(26)24-16-7-2-3-8-16/h4-6,9-16,21H,2-3,7-8H2,1H3,(H,24,26). The number of anilines is 1. The Morgan fingerprint density at radius 3 is 2.50 bits per heavy atom. The normalized spacial score (nSPS) is 15.0. The number of rotatable bonds is 7. The van der Waals surface area contributed by atoms with E-state index in [1.807, 2.05) is 0 Å². The van der Waals surface area contributed by atoms with Crippen LogP contribution in [0.15, 0.2) is 69.9 Å². The maximum atomic E-state index is 13.5. The fourth-order valence-corrected chi connectivity index (χ4v) is 3.83. The summed E-state index contributed by atoms with van der Waals surface area (Å²) in [5.41, 5.74) is 0.499. The van der Waals surface area contributed by atoms with Gasteiger partial charge in [0.15, 0.2) is 11.8 Å². The highest BCUT2D eigenvalue weighted by Gasteiger charge is 2.37. The number of carbonyl (C=O) groups is 2. The van der Waals surface area contributed by atoms with Crippen molar-refractivity contribution in [3.63, 3.8) is 0 Å². The number of amides is 2. The fourth-order valence-electron chi connectivity index (χ4n) is 3.83. The second-order valence-corrected chi connectivity index (χ2v) is 7.26. The monoisotopic (exact) mass is 408 g/mol. The van der Waals surface area contributed by atoms with Crippen molar-refractivity contribution in [3.05, 3.63) is 72.6 Å². The number of carbonyl (C=O) groups excluding carboxylic acids is 2. The van der Waals surface area contributed by atoms with Crippen molar-refractivity contribution in [1.29, 1.82) is 0 Å². The molecule has 1 unspecified atom stereocenters. The molecule has 1 saturated carbocycles. The van der Waals surface area contributed by atoms with Crippen LogP contribution >= 0.6 is 0 Å². The Kier molecular flexibility index (Phi) is 5.88. The summed E-state index contributed by atoms with van der Waals surface area (Å²) in [5, 5.41) is 3.09. The molecule has 4 rings (SSSR count). The van der Waals surface area contributed by atoms with Crippen LogP contribution < -0.4 is 15.0 Å². The molecule has 0 saturated heterocycles. The van der Waals surface area contributed by atoms with Crippen molar-refractivity contribution in [1.82, 2.24) is 5.32 Å². The van der Waals surface area contributed by atoms with Crippen molar-refractivity contribution < 1.29 is 23.2 Å². The summed E-state index contributed by atoms with van der Waals surface area (Å²) >= 11 is 0. The lowest BCUT2D eigenvalue weighted by atomic mass is 10.1. The predicted octanol–water partition coefficient (Wildman–Crippen LogP) is 4.33. The van der Waals surface area contributed by atoms with Crippen molar-refractivity contribution in [2.75, 3.05) is 12.0 Å². The Bertz CT molecular complexity index is 975. The molecule has 0 bridgehead atoms. The molecule has 1 aliphatic rings. The average molecular weight is 408 g/mol. The molecule has 2 aromatic heterocycles. The first-order valence-electron chi connectivity index (χ1n) is 10.0. The van der Waals surface area contributed by atoms with Crippen LogP contribution in [0.2, 0.25) is 0 Å². The summed E-state index contributed by atoms with van der Waals surface area (Å²) < 4.78 is 16.3. The molecule has 7 nitrogen and oxygen atoms in total. The lowest BCUT2D eigenvalue weighted by Gasteiger charge is -2.30. The first-order valence-corrected chi connectivity index (χ1v) is 10.0. The molecule has 1 fully saturated rings. The van der Waals surface area contributed by atoms with Gasteiger partial charge in [-0.2, -0.15) is 0 Å². The molecule has 1 atom stereocenters. The quantitative estimate of drug-likeness (QED) is 0.629. The van der Waals surface area contributed by atoms with Crippen molar-refractivity contribution in [2.24, 2.45) is 0 Å². The summed E-state index contributed by atoms with van der Waals surface area (Å²) in [7, 11) is 1.55. The lowest BCUT2D eigenvalue weighted by molar-refractivity contribution is -0.123. The van der Waals surface area contributed by atoms with E-state index in [2.05, 4.69) is 5.32 Å². The smallest absolute Gasteiger partial charge is 0.295 e. The molecular weight excluding hydrogens is 384 g/mol. The van der Waals surface area contributed by atoms with Crippen LogP contribution in [0.3, 0.4) is 0 Å². The van der Waals surface area contributed by atoms with E-state index in [-0.39, 0.29) is 17.7 Å². The zero-order valence-corrected chi connectivity index (χ0v) is 16.7. The van der Waals surface area contributed by atoms with E-state index in [4.69, 9.17) is 13.6 Å². The Hall–Kier alpha value is -3.48. The molecule has 0 spiro atoms. The van der Waals surface area contributed by atoms with Gasteiger partial charge in [-0.1, -0.05) is 18.9 Å². The van der Waals surface area contributed by atoms with E-state index in [9.17, 15) is 9.59 Å². The number of nitrogens with zero attached hydrogens (tertiary/aromatic N) is 1. The van der Waals surface area contributed by atoms with E-state index in [1.165, 1.54) is 17.4 Å². The summed E-state index contributed by atoms with van der Waals surface area (Å²) in [4.78, 5) is 28.3. The molecule has 2 heterocycles. The van der Waals surface area contributed by atoms with Gasteiger partial charge in [-0.05, 0) is 49.2 Å². The summed E-state index contributed by atoms with van der Waals surface area (Å²) in [6, 6.07) is 12.7. The maximum Gasteiger partial charge on any atom is 0.295 e. The fraction of sp³-hybridized carbons (Fsp3) is 0.304. The predicted molar refractivity (Wildman–Crippen MR) is 110 cm³/mol. The molecule has 30 heavy (non-hydrogen) atoms. The first kappa shape index (κ1) is 19.8. The van der Waals surface area contributed by atoms with Gasteiger partial charge in [0.05, 0.1) is 19.6 Å². The minimum Gasteiger partial charge on any atom is -0.497 e. The molecule has 1 aromatic carbocycles. The Labute approximate surface area is 174 Å². The number of methoxy groups -OCH3 is 1. The third-order valence-corrected chi connectivity index (χ3v) is 5.30. The molecule has 1 N–H and O–H groups in total. The molecule has 1 aliphatic carbocycles. The van der Waals surface area contributed by atoms with E-state index in [0.717, 1.165) is 25.7 Å². The van der Waals surface area contributed by atoms with E-state index >= 15 is 0 Å². The van der Waals surface area contributed by atoms with Gasteiger partial charge in [0.1, 0.15) is 11.5 Å². The Balaban J connectivity index is 1.77. The molecular formula is C23H24N2O5. The molecule has 7 heteroatoms. The van der Waals surface area contributed by atoms with Crippen LogP contribution in [0, 0.1) is 0 Å². The lowest BCUT2D eigenvalue weighted by Crippen LogP contribution is -2.46. The van der Waals surface area contributed by atoms with Gasteiger partial charge in [0, 0.05) is 17.8 Å². The highest BCUT2D eigenvalue weighted by molar-refractivity contribution is 6.08. The van der Waals surface area contributed by atoms with Crippen molar-refractivity contribution in [2.45, 2.75) is 37.8 Å². The maximum absolute atomic E-state index is 13.5. The summed E-state index contributed by atoms with van der Waals surface area (Å²) in [5.74, 6) is 0.325. The molecule has 3 aromatic rings. The van der Waals surface area contributed by atoms with Crippen LogP contribution in [-0.4, -0.2) is 25.0 Å². The van der Waals surface area contributed by atoms with Crippen molar-refractivity contribution >= 4 is 17.5 Å². The van der Waals surface area contributed by atoms with Crippen molar-refractivity contribution in [3.8, 4) is 5.75 Å². The van der Waals surface area contributed by atoms with Gasteiger partial charge in [0.25, 0.3) is 11.8 Å². The minimum absolute atomic E-state index is 0.0980. The molecule has 0 radical (unpaired) electrons. The molecule has 0 aliphatic heterocycles. The van der Waals surface area contributed by atoms with Gasteiger partial charge in [0.2, 0.25) is 0 Å². The zero-order chi connectivity index (χ0) is 20.9. The molecule has 2 amide bonds. The van der Waals surface area contributed by atoms with E-state index < -0.39 is 11.9 Å². The van der Waals surface area contributed by atoms with Crippen LogP contribution in [-0.2, 0) is 4.79 Å². The second-order valence-electron chi connectivity index (χ2n) is 7.26. The van der Waals surface area contributed by atoms with Gasteiger partial charge in [-0.25, -0.2) is 0 Å². The van der Waals surface area contributed by atoms with Gasteiger partial charge >= 0.3 is 0 Å². The van der Waals surface area contributed by atoms with Crippen LogP contribution in [0.4, 0.5) is 5.69 Å². The Morgan fingerprint density at radius 2 is 1.83 bits per heavy atom. The SMILES string of the molecule is COc1cccc(N(C(=O)c2ccco2)C(C(=O)NC2CCCC2)c2ccco2)c1. The van der Waals surface area contributed by atoms with E-state index in [1.54, 1.807) is 55.6 Å². The number of nitrogens with one attached hydrogen (secondary N) is 1. The van der Waals surface area contributed by atoms with Crippen LogP contribution in [0.25, 0.3) is 0 Å². The third kappa shape index (κ3) is 4.10. The first-order chi connectivity index (χ1) is 14.7. The molecule has 156 valence electrons. The van der Waals surface area contributed by atoms with Crippen LogP contribution in [0.5, 0.6) is 5.75 Å². The minimum atomic E-state index is -0.995. The number of hydrogen-bond acceptors (Lipinski definition) is 5. The van der Waals surface area contributed by atoms with Crippen LogP contribution in [0.1, 0.15) is 48.0 Å². The largest absolute Gasteiger partial charge is 0.497 e. The summed E-state index contributed by atoms with van der Waals surface area (Å²) in [6.45, 7) is 0. The number of benzene rings is 1.